The van der Waals surface area contributed by atoms with Crippen LogP contribution in [0.5, 0.6) is 11.5 Å². The number of hydrogen-bond donors (Lipinski definition) is 1. The summed E-state index contributed by atoms with van der Waals surface area (Å²) < 4.78 is 16.0. The molecule has 0 fully saturated rings. The van der Waals surface area contributed by atoms with Gasteiger partial charge >= 0.3 is 5.97 Å². The van der Waals surface area contributed by atoms with Gasteiger partial charge < -0.3 is 19.5 Å². The van der Waals surface area contributed by atoms with Gasteiger partial charge in [0.1, 0.15) is 18.1 Å². The SMILES string of the molecule is CCOC(=O)c1cccc(COc2ccc3c(c2)NC(=O)CO3)c1. The predicted octanol–water partition coefficient (Wildman–Crippen LogP) is 2.77. The molecular weight excluding hydrogens is 310 g/mol. The molecule has 124 valence electrons. The quantitative estimate of drug-likeness (QED) is 0.855. The fraction of sp³-hybridized carbons (Fsp3) is 0.222. The van der Waals surface area contributed by atoms with Crippen LogP contribution < -0.4 is 14.8 Å². The zero-order valence-corrected chi connectivity index (χ0v) is 13.2. The van der Waals surface area contributed by atoms with Crippen molar-refractivity contribution in [1.29, 1.82) is 0 Å². The summed E-state index contributed by atoms with van der Waals surface area (Å²) in [4.78, 5) is 23.1. The minimum absolute atomic E-state index is 0.0217. The average Bonchev–Trinajstić information content (AvgIpc) is 2.60. The lowest BCUT2D eigenvalue weighted by atomic mass is 10.1. The van der Waals surface area contributed by atoms with Crippen molar-refractivity contribution in [3.05, 3.63) is 53.6 Å². The molecule has 1 N–H and O–H groups in total. The summed E-state index contributed by atoms with van der Waals surface area (Å²) in [6, 6.07) is 12.3. The van der Waals surface area contributed by atoms with Crippen molar-refractivity contribution >= 4 is 17.6 Å². The number of hydrogen-bond acceptors (Lipinski definition) is 5. The van der Waals surface area contributed by atoms with E-state index >= 15 is 0 Å². The molecule has 1 aliphatic rings. The van der Waals surface area contributed by atoms with Crippen LogP contribution in [0.25, 0.3) is 0 Å². The van der Waals surface area contributed by atoms with Crippen molar-refractivity contribution < 1.29 is 23.8 Å². The van der Waals surface area contributed by atoms with Crippen molar-refractivity contribution in [1.82, 2.24) is 0 Å². The normalized spacial score (nSPS) is 12.6. The lowest BCUT2D eigenvalue weighted by Gasteiger charge is -2.18. The molecule has 0 spiro atoms. The van der Waals surface area contributed by atoms with Crippen LogP contribution in [0.2, 0.25) is 0 Å². The van der Waals surface area contributed by atoms with Crippen LogP contribution in [0.15, 0.2) is 42.5 Å². The molecule has 0 atom stereocenters. The molecule has 0 radical (unpaired) electrons. The fourth-order valence-electron chi connectivity index (χ4n) is 2.32. The van der Waals surface area contributed by atoms with Gasteiger partial charge in [0.05, 0.1) is 17.9 Å². The van der Waals surface area contributed by atoms with Crippen molar-refractivity contribution in [2.75, 3.05) is 18.5 Å². The predicted molar refractivity (Wildman–Crippen MR) is 87.3 cm³/mol. The Kier molecular flexibility index (Phi) is 4.65. The molecule has 0 bridgehead atoms. The molecule has 24 heavy (non-hydrogen) atoms. The minimum Gasteiger partial charge on any atom is -0.489 e. The highest BCUT2D eigenvalue weighted by atomic mass is 16.5. The molecule has 0 aromatic heterocycles. The van der Waals surface area contributed by atoms with E-state index in [0.29, 0.717) is 36.0 Å². The molecule has 2 aromatic rings. The second-order valence-electron chi connectivity index (χ2n) is 5.20. The summed E-state index contributed by atoms with van der Waals surface area (Å²) >= 11 is 0. The Morgan fingerprint density at radius 3 is 2.96 bits per heavy atom. The highest BCUT2D eigenvalue weighted by molar-refractivity contribution is 5.95. The number of anilines is 1. The van der Waals surface area contributed by atoms with E-state index in [9.17, 15) is 9.59 Å². The van der Waals surface area contributed by atoms with Gasteiger partial charge in [-0.1, -0.05) is 12.1 Å². The van der Waals surface area contributed by atoms with Gasteiger partial charge in [-0.2, -0.15) is 0 Å². The highest BCUT2D eigenvalue weighted by Gasteiger charge is 2.16. The van der Waals surface area contributed by atoms with E-state index in [2.05, 4.69) is 5.32 Å². The Morgan fingerprint density at radius 1 is 1.25 bits per heavy atom. The van der Waals surface area contributed by atoms with Crippen molar-refractivity contribution in [2.24, 2.45) is 0 Å². The van der Waals surface area contributed by atoms with Crippen molar-refractivity contribution in [3.63, 3.8) is 0 Å². The van der Waals surface area contributed by atoms with Crippen LogP contribution in [0.4, 0.5) is 5.69 Å². The number of fused-ring (bicyclic) bond motifs is 1. The van der Waals surface area contributed by atoms with Crippen LogP contribution in [0.1, 0.15) is 22.8 Å². The van der Waals surface area contributed by atoms with Crippen LogP contribution >= 0.6 is 0 Å². The van der Waals surface area contributed by atoms with E-state index in [4.69, 9.17) is 14.2 Å². The first-order chi connectivity index (χ1) is 11.7. The van der Waals surface area contributed by atoms with Gasteiger partial charge in [0.15, 0.2) is 6.61 Å². The van der Waals surface area contributed by atoms with Crippen LogP contribution in [0, 0.1) is 0 Å². The Hall–Kier alpha value is -3.02. The summed E-state index contributed by atoms with van der Waals surface area (Å²) in [6.45, 7) is 2.42. The van der Waals surface area contributed by atoms with E-state index in [0.717, 1.165) is 5.56 Å². The van der Waals surface area contributed by atoms with E-state index in [1.807, 2.05) is 6.07 Å². The molecule has 3 rings (SSSR count). The first kappa shape index (κ1) is 15.9. The molecule has 1 aliphatic heterocycles. The molecule has 0 saturated carbocycles. The molecule has 1 heterocycles. The first-order valence-electron chi connectivity index (χ1n) is 7.61. The summed E-state index contributed by atoms with van der Waals surface area (Å²) in [5, 5.41) is 2.73. The van der Waals surface area contributed by atoms with Gasteiger partial charge in [-0.15, -0.1) is 0 Å². The molecule has 2 aromatic carbocycles. The number of rotatable bonds is 5. The summed E-state index contributed by atoms with van der Waals surface area (Å²) in [5.74, 6) is 0.669. The van der Waals surface area contributed by atoms with Crippen molar-refractivity contribution in [3.8, 4) is 11.5 Å². The Balaban J connectivity index is 1.68. The second kappa shape index (κ2) is 7.04. The van der Waals surface area contributed by atoms with E-state index < -0.39 is 0 Å². The van der Waals surface area contributed by atoms with Gasteiger partial charge in [0.25, 0.3) is 5.91 Å². The number of nitrogens with one attached hydrogen (secondary N) is 1. The number of benzene rings is 2. The molecular formula is C18H17NO5. The standard InChI is InChI=1S/C18H17NO5/c1-2-22-18(21)13-5-3-4-12(8-13)10-23-14-6-7-16-15(9-14)19-17(20)11-24-16/h3-9H,2,10-11H2,1H3,(H,19,20). The number of carbonyl (C=O) groups is 2. The number of amides is 1. The van der Waals surface area contributed by atoms with E-state index in [1.165, 1.54) is 0 Å². The summed E-state index contributed by atoms with van der Waals surface area (Å²) in [6.07, 6.45) is 0. The molecule has 6 nitrogen and oxygen atoms in total. The van der Waals surface area contributed by atoms with Crippen LogP contribution in [-0.2, 0) is 16.1 Å². The monoisotopic (exact) mass is 327 g/mol. The maximum absolute atomic E-state index is 11.7. The minimum atomic E-state index is -0.354. The second-order valence-corrected chi connectivity index (χ2v) is 5.20. The summed E-state index contributed by atoms with van der Waals surface area (Å²) in [7, 11) is 0. The molecule has 1 amide bonds. The molecule has 0 unspecified atom stereocenters. The van der Waals surface area contributed by atoms with E-state index in [1.54, 1.807) is 43.3 Å². The first-order valence-corrected chi connectivity index (χ1v) is 7.61. The highest BCUT2D eigenvalue weighted by Crippen LogP contribution is 2.31. The Morgan fingerprint density at radius 2 is 2.12 bits per heavy atom. The smallest absolute Gasteiger partial charge is 0.338 e. The van der Waals surface area contributed by atoms with Gasteiger partial charge in [0.2, 0.25) is 0 Å². The third-order valence-electron chi connectivity index (χ3n) is 3.43. The van der Waals surface area contributed by atoms with Gasteiger partial charge in [-0.3, -0.25) is 4.79 Å². The number of ether oxygens (including phenoxy) is 3. The topological polar surface area (TPSA) is 73.9 Å². The largest absolute Gasteiger partial charge is 0.489 e. The van der Waals surface area contributed by atoms with Crippen LogP contribution in [0.3, 0.4) is 0 Å². The molecule has 0 aliphatic carbocycles. The maximum atomic E-state index is 11.7. The number of esters is 1. The lowest BCUT2D eigenvalue weighted by molar-refractivity contribution is -0.118. The van der Waals surface area contributed by atoms with Crippen LogP contribution in [-0.4, -0.2) is 25.1 Å². The zero-order valence-electron chi connectivity index (χ0n) is 13.2. The zero-order chi connectivity index (χ0) is 16.9. The molecule has 6 heteroatoms. The van der Waals surface area contributed by atoms with E-state index in [-0.39, 0.29) is 18.5 Å². The molecule has 0 saturated heterocycles. The average molecular weight is 327 g/mol. The maximum Gasteiger partial charge on any atom is 0.338 e. The number of carbonyl (C=O) groups excluding carboxylic acids is 2. The fourth-order valence-corrected chi connectivity index (χ4v) is 2.32. The third kappa shape index (κ3) is 3.65. The third-order valence-corrected chi connectivity index (χ3v) is 3.43. The Bertz CT molecular complexity index is 772. The Labute approximate surface area is 139 Å². The summed E-state index contributed by atoms with van der Waals surface area (Å²) in [5.41, 5.74) is 1.92. The van der Waals surface area contributed by atoms with Gasteiger partial charge in [-0.25, -0.2) is 4.79 Å². The van der Waals surface area contributed by atoms with Crippen molar-refractivity contribution in [2.45, 2.75) is 13.5 Å². The van der Waals surface area contributed by atoms with Gasteiger partial charge in [0, 0.05) is 6.07 Å². The lowest BCUT2D eigenvalue weighted by Crippen LogP contribution is -2.25. The van der Waals surface area contributed by atoms with Gasteiger partial charge in [-0.05, 0) is 36.8 Å².